The highest BCUT2D eigenvalue weighted by atomic mass is 16.5. The summed E-state index contributed by atoms with van der Waals surface area (Å²) in [5.41, 5.74) is -0.111. The normalized spacial score (nSPS) is 12.2. The largest absolute Gasteiger partial charge is 0.468 e. The summed E-state index contributed by atoms with van der Waals surface area (Å²) in [6.45, 7) is 8.86. The summed E-state index contributed by atoms with van der Waals surface area (Å²) in [6.07, 6.45) is 1.67. The lowest BCUT2D eigenvalue weighted by molar-refractivity contribution is 0.126. The summed E-state index contributed by atoms with van der Waals surface area (Å²) in [7, 11) is 1.69. The molecule has 0 bridgehead atoms. The molecule has 0 saturated heterocycles. The van der Waals surface area contributed by atoms with Gasteiger partial charge in [0, 0.05) is 19.1 Å². The van der Waals surface area contributed by atoms with Gasteiger partial charge in [0.05, 0.1) is 26.0 Å². The molecule has 21 heavy (non-hydrogen) atoms. The molecule has 2 aromatic heterocycles. The predicted molar refractivity (Wildman–Crippen MR) is 77.7 cm³/mol. The van der Waals surface area contributed by atoms with Crippen molar-refractivity contribution in [3.63, 3.8) is 0 Å². The lowest BCUT2D eigenvalue weighted by atomic mass is 9.96. The minimum Gasteiger partial charge on any atom is -0.468 e. The molecule has 0 saturated carbocycles. The highest BCUT2D eigenvalue weighted by Crippen LogP contribution is 2.19. The molecule has 0 N–H and O–H groups in total. The summed E-state index contributed by atoms with van der Waals surface area (Å²) in [6, 6.07) is 3.84. The summed E-state index contributed by atoms with van der Waals surface area (Å²) in [4.78, 5) is 6.62. The van der Waals surface area contributed by atoms with Gasteiger partial charge in [-0.25, -0.2) is 0 Å². The molecule has 0 unspecified atom stereocenters. The van der Waals surface area contributed by atoms with Crippen LogP contribution in [-0.2, 0) is 23.2 Å². The first-order valence-electron chi connectivity index (χ1n) is 7.06. The van der Waals surface area contributed by atoms with Crippen molar-refractivity contribution >= 4 is 0 Å². The van der Waals surface area contributed by atoms with Crippen LogP contribution in [0.25, 0.3) is 0 Å². The Hall–Kier alpha value is -1.66. The Morgan fingerprint density at radius 2 is 2.10 bits per heavy atom. The molecule has 2 heterocycles. The number of hydrogen-bond acceptors (Lipinski definition) is 6. The van der Waals surface area contributed by atoms with E-state index in [1.165, 1.54) is 0 Å². The summed E-state index contributed by atoms with van der Waals surface area (Å²) >= 11 is 0. The molecular formula is C15H23N3O3. The summed E-state index contributed by atoms with van der Waals surface area (Å²) < 4.78 is 15.9. The smallest absolute Gasteiger partial charge is 0.240 e. The third kappa shape index (κ3) is 4.68. The Morgan fingerprint density at radius 3 is 2.67 bits per heavy atom. The van der Waals surface area contributed by atoms with E-state index in [0.717, 1.165) is 18.1 Å². The molecule has 0 spiro atoms. The molecule has 2 aromatic rings. The van der Waals surface area contributed by atoms with Gasteiger partial charge < -0.3 is 13.7 Å². The van der Waals surface area contributed by atoms with E-state index >= 15 is 0 Å². The van der Waals surface area contributed by atoms with Gasteiger partial charge in [-0.15, -0.1) is 0 Å². The number of furan rings is 1. The SMILES string of the molecule is COCCN(Cc1ccco1)Cc1nc(C(C)(C)C)no1. The number of hydrogen-bond donors (Lipinski definition) is 0. The molecule has 0 aromatic carbocycles. The molecule has 6 nitrogen and oxygen atoms in total. The van der Waals surface area contributed by atoms with E-state index in [2.05, 4.69) is 35.8 Å². The highest BCUT2D eigenvalue weighted by molar-refractivity contribution is 5.01. The van der Waals surface area contributed by atoms with Crippen LogP contribution in [-0.4, -0.2) is 35.3 Å². The van der Waals surface area contributed by atoms with Gasteiger partial charge in [-0.2, -0.15) is 4.98 Å². The van der Waals surface area contributed by atoms with Crippen molar-refractivity contribution in [3.8, 4) is 0 Å². The van der Waals surface area contributed by atoms with Crippen molar-refractivity contribution in [2.75, 3.05) is 20.3 Å². The van der Waals surface area contributed by atoms with Crippen LogP contribution >= 0.6 is 0 Å². The van der Waals surface area contributed by atoms with Crippen LogP contribution in [0.1, 0.15) is 38.2 Å². The van der Waals surface area contributed by atoms with Crippen LogP contribution < -0.4 is 0 Å². The summed E-state index contributed by atoms with van der Waals surface area (Å²) in [5, 5.41) is 4.05. The molecule has 6 heteroatoms. The van der Waals surface area contributed by atoms with Crippen molar-refractivity contribution in [2.45, 2.75) is 39.3 Å². The van der Waals surface area contributed by atoms with Crippen molar-refractivity contribution < 1.29 is 13.7 Å². The molecule has 0 fully saturated rings. The fourth-order valence-electron chi connectivity index (χ4n) is 1.87. The fraction of sp³-hybridized carbons (Fsp3) is 0.600. The number of methoxy groups -OCH3 is 1. The lowest BCUT2D eigenvalue weighted by Crippen LogP contribution is -2.26. The molecule has 0 aliphatic rings. The first kappa shape index (κ1) is 15.7. The second-order valence-electron chi connectivity index (χ2n) is 6.04. The molecule has 0 aliphatic heterocycles. The summed E-state index contributed by atoms with van der Waals surface area (Å²) in [5.74, 6) is 2.24. The first-order chi connectivity index (χ1) is 9.99. The third-order valence-electron chi connectivity index (χ3n) is 3.07. The standard InChI is InChI=1S/C15H23N3O3/c1-15(2,3)14-16-13(21-17-14)11-18(7-9-19-4)10-12-6-5-8-20-12/h5-6,8H,7,9-11H2,1-4H3. The molecule has 0 amide bonds. The molecular weight excluding hydrogens is 270 g/mol. The average molecular weight is 293 g/mol. The fourth-order valence-corrected chi connectivity index (χ4v) is 1.87. The van der Waals surface area contributed by atoms with Crippen LogP contribution in [0.4, 0.5) is 0 Å². The molecule has 116 valence electrons. The molecule has 2 rings (SSSR count). The Morgan fingerprint density at radius 1 is 1.29 bits per heavy atom. The Labute approximate surface area is 125 Å². The van der Waals surface area contributed by atoms with E-state index in [4.69, 9.17) is 13.7 Å². The third-order valence-corrected chi connectivity index (χ3v) is 3.07. The first-order valence-corrected chi connectivity index (χ1v) is 7.06. The highest BCUT2D eigenvalue weighted by Gasteiger charge is 2.22. The van der Waals surface area contributed by atoms with Crippen LogP contribution in [0.2, 0.25) is 0 Å². The maximum Gasteiger partial charge on any atom is 0.240 e. The zero-order valence-electron chi connectivity index (χ0n) is 13.1. The second-order valence-corrected chi connectivity index (χ2v) is 6.04. The van der Waals surface area contributed by atoms with Crippen LogP contribution in [0.5, 0.6) is 0 Å². The molecule has 0 atom stereocenters. The maximum absolute atomic E-state index is 5.39. The zero-order chi connectivity index (χ0) is 15.3. The Kier molecular flexibility index (Phi) is 5.14. The van der Waals surface area contributed by atoms with Gasteiger partial charge in [-0.3, -0.25) is 4.90 Å². The van der Waals surface area contributed by atoms with Gasteiger partial charge in [0.1, 0.15) is 5.76 Å². The van der Waals surface area contributed by atoms with Crippen molar-refractivity contribution in [2.24, 2.45) is 0 Å². The Balaban J connectivity index is 2.02. The molecule has 0 radical (unpaired) electrons. The number of aromatic nitrogens is 2. The maximum atomic E-state index is 5.39. The molecule has 0 aliphatic carbocycles. The van der Waals surface area contributed by atoms with Crippen LogP contribution in [0, 0.1) is 0 Å². The van der Waals surface area contributed by atoms with Crippen molar-refractivity contribution in [3.05, 3.63) is 35.9 Å². The predicted octanol–water partition coefficient (Wildman–Crippen LogP) is 2.61. The van der Waals surface area contributed by atoms with E-state index in [1.807, 2.05) is 12.1 Å². The monoisotopic (exact) mass is 293 g/mol. The van der Waals surface area contributed by atoms with Gasteiger partial charge in [-0.1, -0.05) is 25.9 Å². The van der Waals surface area contributed by atoms with Gasteiger partial charge in [0.25, 0.3) is 0 Å². The van der Waals surface area contributed by atoms with Crippen molar-refractivity contribution in [1.82, 2.24) is 15.0 Å². The van der Waals surface area contributed by atoms with E-state index in [9.17, 15) is 0 Å². The van der Waals surface area contributed by atoms with E-state index < -0.39 is 0 Å². The van der Waals surface area contributed by atoms with Gasteiger partial charge >= 0.3 is 0 Å². The quantitative estimate of drug-likeness (QED) is 0.782. The second kappa shape index (κ2) is 6.87. The van der Waals surface area contributed by atoms with Gasteiger partial charge in [0.15, 0.2) is 5.82 Å². The average Bonchev–Trinajstić information content (AvgIpc) is 3.06. The van der Waals surface area contributed by atoms with Crippen molar-refractivity contribution in [1.29, 1.82) is 0 Å². The Bertz CT molecular complexity index is 529. The lowest BCUT2D eigenvalue weighted by Gasteiger charge is -2.18. The number of rotatable bonds is 7. The van der Waals surface area contributed by atoms with E-state index in [-0.39, 0.29) is 5.41 Å². The topological polar surface area (TPSA) is 64.5 Å². The zero-order valence-corrected chi connectivity index (χ0v) is 13.1. The minimum atomic E-state index is -0.111. The number of nitrogens with zero attached hydrogens (tertiary/aromatic N) is 3. The van der Waals surface area contributed by atoms with E-state index in [0.29, 0.717) is 25.6 Å². The van der Waals surface area contributed by atoms with Gasteiger partial charge in [-0.05, 0) is 12.1 Å². The number of ether oxygens (including phenoxy) is 1. The van der Waals surface area contributed by atoms with Crippen LogP contribution in [0.3, 0.4) is 0 Å². The van der Waals surface area contributed by atoms with E-state index in [1.54, 1.807) is 13.4 Å². The van der Waals surface area contributed by atoms with Gasteiger partial charge in [0.2, 0.25) is 5.89 Å². The van der Waals surface area contributed by atoms with Crippen LogP contribution in [0.15, 0.2) is 27.3 Å². The minimum absolute atomic E-state index is 0.111.